The second-order valence-electron chi connectivity index (χ2n) is 15.9. The number of aromatic amines is 1. The Morgan fingerprint density at radius 3 is 1.98 bits per heavy atom. The van der Waals surface area contributed by atoms with Crippen molar-refractivity contribution in [2.45, 2.75) is 156 Å². The number of unbranched alkanes of at least 4 members (excludes halogenated alkanes) is 12. The molecule has 2 N–H and O–H groups in total. The first-order valence-corrected chi connectivity index (χ1v) is 23.6. The molecule has 5 aromatic heterocycles. The van der Waals surface area contributed by atoms with E-state index in [-0.39, 0.29) is 11.8 Å². The lowest BCUT2D eigenvalue weighted by Crippen LogP contribution is -2.05. The van der Waals surface area contributed by atoms with E-state index in [2.05, 4.69) is 77.3 Å². The van der Waals surface area contributed by atoms with Crippen LogP contribution in [0.3, 0.4) is 0 Å². The molecule has 6 nitrogen and oxygen atoms in total. The van der Waals surface area contributed by atoms with E-state index in [4.69, 9.17) is 0 Å². The van der Waals surface area contributed by atoms with Gasteiger partial charge in [0.1, 0.15) is 0 Å². The van der Waals surface area contributed by atoms with Crippen molar-refractivity contribution in [1.29, 1.82) is 0 Å². The zero-order valence-electron chi connectivity index (χ0n) is 34.3. The third-order valence-corrected chi connectivity index (χ3v) is 13.8. The van der Waals surface area contributed by atoms with Crippen LogP contribution in [0.15, 0.2) is 53.0 Å². The Kier molecular flexibility index (Phi) is 13.7. The first kappa shape index (κ1) is 40.3. The van der Waals surface area contributed by atoms with E-state index >= 15 is 0 Å². The molecule has 0 fully saturated rings. The van der Waals surface area contributed by atoms with Gasteiger partial charge in [-0.25, -0.2) is 4.99 Å². The number of nitrogens with one attached hydrogen (secondary N) is 1. The summed E-state index contributed by atoms with van der Waals surface area (Å²) in [6, 6.07) is 13.2. The zero-order chi connectivity index (χ0) is 39.0. The number of fused-ring (bicyclic) bond motifs is 3. The summed E-state index contributed by atoms with van der Waals surface area (Å²) in [4.78, 5) is 24.1. The molecule has 8 heteroatoms. The second kappa shape index (κ2) is 19.0. The molecule has 56 heavy (non-hydrogen) atoms. The van der Waals surface area contributed by atoms with Crippen molar-refractivity contribution < 1.29 is 9.90 Å². The number of carbonyl (C=O) groups is 1. The largest absolute Gasteiger partial charge is 0.494 e. The molecule has 298 valence electrons. The highest BCUT2D eigenvalue weighted by Crippen LogP contribution is 2.45. The summed E-state index contributed by atoms with van der Waals surface area (Å²) in [5.74, 6) is -0.285. The highest BCUT2D eigenvalue weighted by atomic mass is 32.1. The summed E-state index contributed by atoms with van der Waals surface area (Å²) >= 11 is 3.24. The summed E-state index contributed by atoms with van der Waals surface area (Å²) in [5.41, 5.74) is 9.49. The van der Waals surface area contributed by atoms with Crippen molar-refractivity contribution in [2.75, 3.05) is 0 Å². The molecule has 6 heterocycles. The number of amides is 1. The molecule has 0 saturated heterocycles. The number of aromatic nitrogens is 3. The van der Waals surface area contributed by atoms with Crippen LogP contribution in [0.25, 0.3) is 42.9 Å². The van der Waals surface area contributed by atoms with Gasteiger partial charge in [-0.2, -0.15) is 0 Å². The smallest absolute Gasteiger partial charge is 0.280 e. The molecule has 1 aliphatic rings. The third kappa shape index (κ3) is 8.24. The summed E-state index contributed by atoms with van der Waals surface area (Å²) in [6.07, 6.45) is 24.5. The predicted octanol–water partition coefficient (Wildman–Crippen LogP) is 14.5. The van der Waals surface area contributed by atoms with Gasteiger partial charge in [0.25, 0.3) is 5.91 Å². The Labute approximate surface area is 342 Å². The van der Waals surface area contributed by atoms with Crippen LogP contribution < -0.4 is 0 Å². The molecular weight excluding hydrogens is 729 g/mol. The van der Waals surface area contributed by atoms with Crippen LogP contribution in [0.1, 0.15) is 162 Å². The zero-order valence-corrected chi connectivity index (χ0v) is 35.9. The number of nitrogens with zero attached hydrogens (tertiary/aromatic N) is 3. The number of rotatable bonds is 23. The average Bonchev–Trinajstić information content (AvgIpc) is 4.06. The minimum Gasteiger partial charge on any atom is -0.494 e. The molecule has 0 aliphatic carbocycles. The number of H-pyrrole nitrogens is 1. The molecule has 1 amide bonds. The fourth-order valence-electron chi connectivity index (χ4n) is 8.93. The third-order valence-electron chi connectivity index (χ3n) is 11.8. The number of hydrogen-bond donors (Lipinski definition) is 2. The first-order chi connectivity index (χ1) is 27.5. The molecular formula is C48H62N4O2S2. The van der Waals surface area contributed by atoms with Gasteiger partial charge < -0.3 is 19.2 Å². The maximum absolute atomic E-state index is 13.4. The Balaban J connectivity index is 1.38. The van der Waals surface area contributed by atoms with Crippen molar-refractivity contribution in [1.82, 2.24) is 14.1 Å². The van der Waals surface area contributed by atoms with Crippen LogP contribution >= 0.6 is 22.7 Å². The van der Waals surface area contributed by atoms with Crippen LogP contribution in [0.4, 0.5) is 0 Å². The van der Waals surface area contributed by atoms with Crippen LogP contribution in [0.5, 0.6) is 5.88 Å². The van der Waals surface area contributed by atoms with Crippen molar-refractivity contribution in [3.8, 4) is 27.0 Å². The maximum Gasteiger partial charge on any atom is 0.280 e. The Bertz CT molecular complexity index is 2250. The maximum atomic E-state index is 13.4. The molecule has 0 radical (unpaired) electrons. The van der Waals surface area contributed by atoms with Crippen molar-refractivity contribution in [3.05, 3.63) is 75.1 Å². The summed E-state index contributed by atoms with van der Waals surface area (Å²) in [7, 11) is 0. The van der Waals surface area contributed by atoms with E-state index in [1.54, 1.807) is 11.3 Å². The van der Waals surface area contributed by atoms with Gasteiger partial charge in [0, 0.05) is 30.1 Å². The lowest BCUT2D eigenvalue weighted by molar-refractivity contribution is 0.101. The van der Waals surface area contributed by atoms with E-state index in [9.17, 15) is 9.90 Å². The fourth-order valence-corrected chi connectivity index (χ4v) is 10.7. The van der Waals surface area contributed by atoms with E-state index < -0.39 is 0 Å². The lowest BCUT2D eigenvalue weighted by Gasteiger charge is -2.18. The second-order valence-corrected chi connectivity index (χ2v) is 18.0. The first-order valence-electron chi connectivity index (χ1n) is 21.9. The van der Waals surface area contributed by atoms with Gasteiger partial charge in [0.15, 0.2) is 5.88 Å². The average molecular weight is 791 g/mol. The van der Waals surface area contributed by atoms with Gasteiger partial charge >= 0.3 is 0 Å². The minimum absolute atomic E-state index is 0.00948. The molecule has 0 saturated carbocycles. The highest BCUT2D eigenvalue weighted by molar-refractivity contribution is 7.18. The monoisotopic (exact) mass is 790 g/mol. The molecule has 0 atom stereocenters. The van der Waals surface area contributed by atoms with E-state index in [0.717, 1.165) is 42.1 Å². The van der Waals surface area contributed by atoms with Gasteiger partial charge in [-0.3, -0.25) is 4.79 Å². The predicted molar refractivity (Wildman–Crippen MR) is 240 cm³/mol. The van der Waals surface area contributed by atoms with Gasteiger partial charge in [0.05, 0.1) is 53.9 Å². The van der Waals surface area contributed by atoms with Crippen LogP contribution in [0, 0.1) is 0 Å². The Morgan fingerprint density at radius 2 is 1.32 bits per heavy atom. The van der Waals surface area contributed by atoms with Crippen molar-refractivity contribution >= 4 is 56.1 Å². The fraction of sp³-hybridized carbons (Fsp3) is 0.500. The molecule has 1 aromatic carbocycles. The molecule has 0 spiro atoms. The topological polar surface area (TPSA) is 75.3 Å². The Morgan fingerprint density at radius 1 is 0.679 bits per heavy atom. The SMILES string of the molecule is CCCCCCc1c2cc(-c3ccc(-c4[nH]c(O)c5c4C(=O)N=C5c4cccs4)s3)n(CCCCCC)c2c(CCCCCC)c2ccn(CCCCCC)c12. The molecule has 0 unspecified atom stereocenters. The molecule has 1 aliphatic heterocycles. The normalized spacial score (nSPS) is 12.9. The van der Waals surface area contributed by atoms with Crippen molar-refractivity contribution in [2.24, 2.45) is 4.99 Å². The van der Waals surface area contributed by atoms with E-state index in [1.807, 2.05) is 17.5 Å². The van der Waals surface area contributed by atoms with Crippen LogP contribution in [0.2, 0.25) is 0 Å². The molecule has 6 aromatic rings. The number of aromatic hydroxyl groups is 1. The van der Waals surface area contributed by atoms with Gasteiger partial charge in [0.2, 0.25) is 0 Å². The van der Waals surface area contributed by atoms with Gasteiger partial charge in [-0.1, -0.05) is 111 Å². The molecule has 7 rings (SSSR count). The number of carbonyl (C=O) groups excluding carboxylic acids is 1. The van der Waals surface area contributed by atoms with Gasteiger partial charge in [-0.15, -0.1) is 22.7 Å². The van der Waals surface area contributed by atoms with E-state index in [1.165, 1.54) is 151 Å². The number of aliphatic imine (C=N–C) groups is 1. The number of thiophene rings is 2. The highest BCUT2D eigenvalue weighted by Gasteiger charge is 2.34. The summed E-state index contributed by atoms with van der Waals surface area (Å²) in [5, 5.41) is 16.0. The quantitative estimate of drug-likeness (QED) is 0.0634. The van der Waals surface area contributed by atoms with E-state index in [0.29, 0.717) is 22.5 Å². The van der Waals surface area contributed by atoms with Gasteiger partial charge in [-0.05, 0) is 85.4 Å². The number of benzene rings is 1. The van der Waals surface area contributed by atoms with Crippen LogP contribution in [-0.4, -0.2) is 30.8 Å². The number of hydrogen-bond acceptors (Lipinski definition) is 4. The summed E-state index contributed by atoms with van der Waals surface area (Å²) in [6.45, 7) is 11.3. The lowest BCUT2D eigenvalue weighted by atomic mass is 9.93. The summed E-state index contributed by atoms with van der Waals surface area (Å²) < 4.78 is 5.29. The van der Waals surface area contributed by atoms with Crippen molar-refractivity contribution in [3.63, 3.8) is 0 Å². The van der Waals surface area contributed by atoms with Crippen LogP contribution in [-0.2, 0) is 25.9 Å². The Hall–Kier alpha value is -3.88. The standard InChI is InChI=1S/C48H62N4O2S2/c1-5-9-13-17-22-33-35-27-30-51(28-19-15-11-7-3)45(35)34(23-18-14-10-6-2)36-32-37(52(46(33)36)29-20-16-12-8-4)38-25-26-40(56-38)44-42-41(47(53)50-44)43(49-48(42)54)39-24-21-31-55-39/h21,24-27,30-32,50,53H,5-20,22-23,28-29H2,1-4H3. The minimum atomic E-state index is -0.294. The number of aryl methyl sites for hydroxylation is 4. The molecule has 0 bridgehead atoms.